The molecule has 1 rings (SSSR count). The van der Waals surface area contributed by atoms with Crippen molar-refractivity contribution in [3.63, 3.8) is 0 Å². The van der Waals surface area contributed by atoms with Gasteiger partial charge in [0, 0.05) is 39.4 Å². The minimum absolute atomic E-state index is 0.702. The molecule has 0 bridgehead atoms. The van der Waals surface area contributed by atoms with E-state index in [-0.39, 0.29) is 0 Å². The summed E-state index contributed by atoms with van der Waals surface area (Å²) in [6.07, 6.45) is 2.38. The molecule has 18 heavy (non-hydrogen) atoms. The lowest BCUT2D eigenvalue weighted by molar-refractivity contribution is 0.0648. The fraction of sp³-hybridized carbons (Fsp3) is 1.00. The van der Waals surface area contributed by atoms with Crippen molar-refractivity contribution < 1.29 is 9.47 Å². The lowest BCUT2D eigenvalue weighted by Crippen LogP contribution is -2.53. The third-order valence-electron chi connectivity index (χ3n) is 3.58. The first-order valence-corrected chi connectivity index (χ1v) is 7.27. The van der Waals surface area contributed by atoms with Crippen LogP contribution in [0.4, 0.5) is 0 Å². The smallest absolute Gasteiger partial charge is 0.0700 e. The number of unbranched alkanes of at least 4 members (excludes halogenated alkanes) is 1. The fourth-order valence-electron chi connectivity index (χ4n) is 2.47. The summed E-state index contributed by atoms with van der Waals surface area (Å²) < 4.78 is 10.4. The van der Waals surface area contributed by atoms with Gasteiger partial charge < -0.3 is 14.8 Å². The molecule has 0 amide bonds. The van der Waals surface area contributed by atoms with Crippen LogP contribution in [0.5, 0.6) is 0 Å². The SMILES string of the molecule is COCCOCCCCN1CCNCC1C(C)C. The molecular weight excluding hydrogens is 228 g/mol. The van der Waals surface area contributed by atoms with Crippen molar-refractivity contribution in [3.8, 4) is 0 Å². The molecule has 0 aromatic rings. The highest BCUT2D eigenvalue weighted by atomic mass is 16.5. The van der Waals surface area contributed by atoms with Gasteiger partial charge in [0.1, 0.15) is 0 Å². The van der Waals surface area contributed by atoms with Crippen molar-refractivity contribution in [2.24, 2.45) is 5.92 Å². The normalized spacial score (nSPS) is 21.7. The summed E-state index contributed by atoms with van der Waals surface area (Å²) in [5.74, 6) is 0.732. The van der Waals surface area contributed by atoms with Gasteiger partial charge in [0.25, 0.3) is 0 Å². The number of piperazine rings is 1. The lowest BCUT2D eigenvalue weighted by Gasteiger charge is -2.38. The molecule has 1 fully saturated rings. The van der Waals surface area contributed by atoms with Crippen molar-refractivity contribution in [2.75, 3.05) is 53.1 Å². The van der Waals surface area contributed by atoms with Gasteiger partial charge >= 0.3 is 0 Å². The first kappa shape index (κ1) is 15.9. The number of nitrogens with zero attached hydrogens (tertiary/aromatic N) is 1. The minimum atomic E-state index is 0.702. The van der Waals surface area contributed by atoms with Crippen molar-refractivity contribution in [3.05, 3.63) is 0 Å². The Kier molecular flexibility index (Phi) is 8.59. The van der Waals surface area contributed by atoms with Crippen LogP contribution in [0.2, 0.25) is 0 Å². The molecule has 1 aliphatic heterocycles. The van der Waals surface area contributed by atoms with Gasteiger partial charge in [0.2, 0.25) is 0 Å². The zero-order valence-corrected chi connectivity index (χ0v) is 12.3. The number of rotatable bonds is 9. The van der Waals surface area contributed by atoms with E-state index in [1.165, 1.54) is 19.5 Å². The maximum atomic E-state index is 5.48. The van der Waals surface area contributed by atoms with Gasteiger partial charge in [-0.25, -0.2) is 0 Å². The van der Waals surface area contributed by atoms with E-state index in [0.717, 1.165) is 38.6 Å². The Morgan fingerprint density at radius 2 is 2.06 bits per heavy atom. The molecule has 0 aliphatic carbocycles. The van der Waals surface area contributed by atoms with Crippen molar-refractivity contribution in [2.45, 2.75) is 32.7 Å². The fourth-order valence-corrected chi connectivity index (χ4v) is 2.47. The molecule has 0 spiro atoms. The first-order chi connectivity index (χ1) is 8.75. The summed E-state index contributed by atoms with van der Waals surface area (Å²) in [4.78, 5) is 2.64. The number of hydrogen-bond donors (Lipinski definition) is 1. The Hall–Kier alpha value is -0.160. The average Bonchev–Trinajstić information content (AvgIpc) is 2.38. The third-order valence-corrected chi connectivity index (χ3v) is 3.58. The zero-order valence-electron chi connectivity index (χ0n) is 12.3. The number of hydrogen-bond acceptors (Lipinski definition) is 4. The predicted octanol–water partition coefficient (Wildman–Crippen LogP) is 1.36. The van der Waals surface area contributed by atoms with Gasteiger partial charge in [-0.15, -0.1) is 0 Å². The molecule has 4 nitrogen and oxygen atoms in total. The van der Waals surface area contributed by atoms with E-state index < -0.39 is 0 Å². The standard InChI is InChI=1S/C14H30N2O2/c1-13(2)14-12-15-6-8-16(14)7-4-5-9-18-11-10-17-3/h13-15H,4-12H2,1-3H3. The number of ether oxygens (including phenoxy) is 2. The second-order valence-corrected chi connectivity index (χ2v) is 5.36. The van der Waals surface area contributed by atoms with Gasteiger partial charge in [0.15, 0.2) is 0 Å². The Morgan fingerprint density at radius 1 is 1.22 bits per heavy atom. The second-order valence-electron chi connectivity index (χ2n) is 5.36. The molecule has 1 saturated heterocycles. The number of nitrogens with one attached hydrogen (secondary N) is 1. The summed E-state index contributed by atoms with van der Waals surface area (Å²) in [5.41, 5.74) is 0. The van der Waals surface area contributed by atoms with Crippen LogP contribution in [0.25, 0.3) is 0 Å². The van der Waals surface area contributed by atoms with Crippen LogP contribution >= 0.6 is 0 Å². The van der Waals surface area contributed by atoms with Crippen LogP contribution in [0.3, 0.4) is 0 Å². The van der Waals surface area contributed by atoms with Crippen LogP contribution in [0, 0.1) is 5.92 Å². The summed E-state index contributed by atoms with van der Waals surface area (Å²) >= 11 is 0. The first-order valence-electron chi connectivity index (χ1n) is 7.27. The van der Waals surface area contributed by atoms with Crippen molar-refractivity contribution in [1.29, 1.82) is 0 Å². The van der Waals surface area contributed by atoms with E-state index in [0.29, 0.717) is 12.6 Å². The van der Waals surface area contributed by atoms with Gasteiger partial charge in [-0.2, -0.15) is 0 Å². The predicted molar refractivity (Wildman–Crippen MR) is 75.0 cm³/mol. The van der Waals surface area contributed by atoms with E-state index in [9.17, 15) is 0 Å². The van der Waals surface area contributed by atoms with Crippen LogP contribution in [0.15, 0.2) is 0 Å². The maximum absolute atomic E-state index is 5.48. The molecular formula is C14H30N2O2. The second kappa shape index (κ2) is 9.73. The molecule has 4 heteroatoms. The Labute approximate surface area is 112 Å². The van der Waals surface area contributed by atoms with Crippen LogP contribution in [-0.4, -0.2) is 64.1 Å². The Balaban J connectivity index is 2.06. The highest BCUT2D eigenvalue weighted by Gasteiger charge is 2.23. The quantitative estimate of drug-likeness (QED) is 0.633. The number of methoxy groups -OCH3 is 1. The van der Waals surface area contributed by atoms with Gasteiger partial charge in [-0.3, -0.25) is 4.90 Å². The van der Waals surface area contributed by atoms with Crippen LogP contribution in [0.1, 0.15) is 26.7 Å². The Morgan fingerprint density at radius 3 is 2.78 bits per heavy atom. The van der Waals surface area contributed by atoms with E-state index in [2.05, 4.69) is 24.1 Å². The maximum Gasteiger partial charge on any atom is 0.0700 e. The zero-order chi connectivity index (χ0) is 13.2. The highest BCUT2D eigenvalue weighted by molar-refractivity contribution is 4.81. The highest BCUT2D eigenvalue weighted by Crippen LogP contribution is 2.13. The van der Waals surface area contributed by atoms with E-state index in [4.69, 9.17) is 9.47 Å². The molecule has 0 saturated carbocycles. The van der Waals surface area contributed by atoms with E-state index in [1.54, 1.807) is 7.11 Å². The summed E-state index contributed by atoms with van der Waals surface area (Å²) in [6, 6.07) is 0.702. The molecule has 0 aromatic heterocycles. The Bertz CT molecular complexity index is 200. The van der Waals surface area contributed by atoms with Crippen LogP contribution < -0.4 is 5.32 Å². The summed E-state index contributed by atoms with van der Waals surface area (Å²) in [6.45, 7) is 11.6. The molecule has 1 aliphatic rings. The topological polar surface area (TPSA) is 33.7 Å². The van der Waals surface area contributed by atoms with Crippen LogP contribution in [-0.2, 0) is 9.47 Å². The molecule has 0 radical (unpaired) electrons. The van der Waals surface area contributed by atoms with Crippen molar-refractivity contribution >= 4 is 0 Å². The molecule has 1 N–H and O–H groups in total. The molecule has 1 unspecified atom stereocenters. The minimum Gasteiger partial charge on any atom is -0.382 e. The van der Waals surface area contributed by atoms with Gasteiger partial charge in [-0.1, -0.05) is 13.8 Å². The van der Waals surface area contributed by atoms with E-state index >= 15 is 0 Å². The largest absolute Gasteiger partial charge is 0.382 e. The summed E-state index contributed by atoms with van der Waals surface area (Å²) in [5, 5.41) is 3.49. The molecule has 108 valence electrons. The summed E-state index contributed by atoms with van der Waals surface area (Å²) in [7, 11) is 1.71. The molecule has 1 atom stereocenters. The van der Waals surface area contributed by atoms with Gasteiger partial charge in [-0.05, 0) is 25.3 Å². The average molecular weight is 258 g/mol. The third kappa shape index (κ3) is 6.14. The molecule has 1 heterocycles. The van der Waals surface area contributed by atoms with E-state index in [1.807, 2.05) is 0 Å². The monoisotopic (exact) mass is 258 g/mol. The van der Waals surface area contributed by atoms with Crippen molar-refractivity contribution in [1.82, 2.24) is 10.2 Å². The lowest BCUT2D eigenvalue weighted by atomic mass is 10.0. The van der Waals surface area contributed by atoms with Gasteiger partial charge in [0.05, 0.1) is 13.2 Å². The molecule has 0 aromatic carbocycles.